The zero-order chi connectivity index (χ0) is 23.1. The molecule has 2 saturated heterocycles. The molecule has 3 aromatic rings. The summed E-state index contributed by atoms with van der Waals surface area (Å²) in [6, 6.07) is 7.60. The first-order chi connectivity index (χ1) is 15.9. The quantitative estimate of drug-likeness (QED) is 0.587. The maximum Gasteiger partial charge on any atom is 0.248 e. The van der Waals surface area contributed by atoms with Crippen molar-refractivity contribution in [3.8, 4) is 17.2 Å². The van der Waals surface area contributed by atoms with E-state index in [1.165, 1.54) is 18.2 Å². The molecule has 2 amide bonds. The maximum absolute atomic E-state index is 14.7. The molecule has 0 spiro atoms. The number of primary amides is 1. The molecule has 2 aliphatic rings. The van der Waals surface area contributed by atoms with Crippen LogP contribution in [-0.2, 0) is 16.6 Å². The molecular formula is C23H23FN4O5. The molecule has 2 N–H and O–H groups in total. The van der Waals surface area contributed by atoms with Gasteiger partial charge in [0.2, 0.25) is 11.8 Å². The van der Waals surface area contributed by atoms with Gasteiger partial charge >= 0.3 is 0 Å². The standard InChI is InChI=1S/C23H23FN4O5/c1-27-22-14(10-26-27)6-13(23(25)30)7-20(22)33-19-3-2-17(9-18(19)24)32-5-4-21(29)28-15-8-16(28)12-31-11-15/h2-3,6-7,9-10,15-16H,4-5,8,11-12H2,1H3,(H2,25,30). The van der Waals surface area contributed by atoms with Crippen LogP contribution >= 0.6 is 0 Å². The first-order valence-electron chi connectivity index (χ1n) is 10.7. The lowest BCUT2D eigenvalue weighted by molar-refractivity contribution is -0.167. The van der Waals surface area contributed by atoms with Crippen LogP contribution in [0.15, 0.2) is 36.5 Å². The minimum absolute atomic E-state index is 0.0227. The summed E-state index contributed by atoms with van der Waals surface area (Å²) >= 11 is 0. The van der Waals surface area contributed by atoms with Gasteiger partial charge in [0.1, 0.15) is 11.3 Å². The fraction of sp³-hybridized carbons (Fsp3) is 0.348. The van der Waals surface area contributed by atoms with E-state index in [4.69, 9.17) is 19.9 Å². The largest absolute Gasteiger partial charge is 0.493 e. The maximum atomic E-state index is 14.7. The van der Waals surface area contributed by atoms with Crippen molar-refractivity contribution in [1.82, 2.24) is 14.7 Å². The number of hydrogen-bond donors (Lipinski definition) is 1. The Morgan fingerprint density at radius 3 is 2.70 bits per heavy atom. The second-order valence-electron chi connectivity index (χ2n) is 8.22. The number of halogens is 1. The zero-order valence-corrected chi connectivity index (χ0v) is 18.0. The monoisotopic (exact) mass is 454 g/mol. The van der Waals surface area contributed by atoms with Crippen LogP contribution in [0.25, 0.3) is 10.9 Å². The van der Waals surface area contributed by atoms with E-state index in [0.29, 0.717) is 24.1 Å². The summed E-state index contributed by atoms with van der Waals surface area (Å²) in [5, 5.41) is 4.80. The van der Waals surface area contributed by atoms with E-state index in [2.05, 4.69) is 5.10 Å². The van der Waals surface area contributed by atoms with E-state index < -0.39 is 11.7 Å². The molecule has 172 valence electrons. The van der Waals surface area contributed by atoms with Crippen LogP contribution < -0.4 is 15.2 Å². The van der Waals surface area contributed by atoms with Crippen LogP contribution in [0.3, 0.4) is 0 Å². The Labute approximate surface area is 188 Å². The van der Waals surface area contributed by atoms with Crippen molar-refractivity contribution < 1.29 is 28.2 Å². The summed E-state index contributed by atoms with van der Waals surface area (Å²) in [6.45, 7) is 1.32. The van der Waals surface area contributed by atoms with Gasteiger partial charge in [-0.3, -0.25) is 14.3 Å². The number of aromatic nitrogens is 2. The normalized spacial score (nSPS) is 19.3. The van der Waals surface area contributed by atoms with Crippen LogP contribution in [-0.4, -0.2) is 58.4 Å². The molecule has 2 aromatic carbocycles. The molecule has 5 rings (SSSR count). The highest BCUT2D eigenvalue weighted by molar-refractivity contribution is 5.99. The minimum atomic E-state index is -0.645. The fourth-order valence-electron chi connectivity index (χ4n) is 4.40. The predicted molar refractivity (Wildman–Crippen MR) is 116 cm³/mol. The Kier molecular flexibility index (Phi) is 5.37. The number of carbonyl (C=O) groups is 2. The average molecular weight is 454 g/mol. The summed E-state index contributed by atoms with van der Waals surface area (Å²) < 4.78 is 33.1. The highest BCUT2D eigenvalue weighted by atomic mass is 19.1. The van der Waals surface area contributed by atoms with Gasteiger partial charge < -0.3 is 24.8 Å². The Hall–Kier alpha value is -3.66. The van der Waals surface area contributed by atoms with Crippen molar-refractivity contribution in [2.75, 3.05) is 19.8 Å². The number of aryl methyl sites for hydroxylation is 1. The van der Waals surface area contributed by atoms with Gasteiger partial charge in [-0.1, -0.05) is 0 Å². The number of rotatable bonds is 7. The molecule has 2 bridgehead atoms. The summed E-state index contributed by atoms with van der Waals surface area (Å²) in [4.78, 5) is 25.9. The van der Waals surface area contributed by atoms with Crippen molar-refractivity contribution >= 4 is 22.7 Å². The third-order valence-corrected chi connectivity index (χ3v) is 6.03. The number of nitrogens with two attached hydrogens (primary N) is 1. The van der Waals surface area contributed by atoms with Gasteiger partial charge in [0.25, 0.3) is 0 Å². The topological polar surface area (TPSA) is 109 Å². The summed E-state index contributed by atoms with van der Waals surface area (Å²) in [6.07, 6.45) is 2.78. The molecule has 2 fully saturated rings. The summed E-state index contributed by atoms with van der Waals surface area (Å²) in [5.41, 5.74) is 6.23. The van der Waals surface area contributed by atoms with Gasteiger partial charge in [0.15, 0.2) is 17.3 Å². The third kappa shape index (κ3) is 3.97. The van der Waals surface area contributed by atoms with Crippen molar-refractivity contribution in [2.45, 2.75) is 24.9 Å². The van der Waals surface area contributed by atoms with E-state index in [1.54, 1.807) is 30.1 Å². The van der Waals surface area contributed by atoms with E-state index in [9.17, 15) is 14.0 Å². The van der Waals surface area contributed by atoms with Gasteiger partial charge in [-0.15, -0.1) is 0 Å². The molecule has 33 heavy (non-hydrogen) atoms. The summed E-state index contributed by atoms with van der Waals surface area (Å²) in [5.74, 6) is -0.753. The molecular weight excluding hydrogens is 431 g/mol. The number of morpholine rings is 1. The van der Waals surface area contributed by atoms with Crippen LogP contribution in [0.1, 0.15) is 23.2 Å². The number of ether oxygens (including phenoxy) is 3. The Morgan fingerprint density at radius 1 is 1.21 bits per heavy atom. The lowest BCUT2D eigenvalue weighted by Crippen LogP contribution is -2.65. The molecule has 0 aliphatic carbocycles. The smallest absolute Gasteiger partial charge is 0.248 e. The lowest BCUT2D eigenvalue weighted by atomic mass is 9.91. The number of nitrogens with zero attached hydrogens (tertiary/aromatic N) is 3. The van der Waals surface area contributed by atoms with Crippen LogP contribution in [0.5, 0.6) is 17.2 Å². The molecule has 0 radical (unpaired) electrons. The second-order valence-corrected chi connectivity index (χ2v) is 8.22. The van der Waals surface area contributed by atoms with Crippen molar-refractivity contribution in [3.05, 3.63) is 47.9 Å². The first-order valence-corrected chi connectivity index (χ1v) is 10.7. The number of hydrogen-bond acceptors (Lipinski definition) is 6. The molecule has 2 atom stereocenters. The van der Waals surface area contributed by atoms with E-state index in [1.807, 2.05) is 4.90 Å². The van der Waals surface area contributed by atoms with E-state index >= 15 is 0 Å². The number of benzene rings is 2. The van der Waals surface area contributed by atoms with Crippen LogP contribution in [0, 0.1) is 5.82 Å². The lowest BCUT2D eigenvalue weighted by Gasteiger charge is -2.52. The van der Waals surface area contributed by atoms with Crippen molar-refractivity contribution in [1.29, 1.82) is 0 Å². The molecule has 10 heteroatoms. The van der Waals surface area contributed by atoms with E-state index in [0.717, 1.165) is 6.42 Å². The van der Waals surface area contributed by atoms with Crippen molar-refractivity contribution in [2.24, 2.45) is 12.8 Å². The molecule has 2 aliphatic heterocycles. The summed E-state index contributed by atoms with van der Waals surface area (Å²) in [7, 11) is 1.72. The molecule has 3 heterocycles. The first kappa shape index (κ1) is 21.2. The minimum Gasteiger partial charge on any atom is -0.493 e. The number of carbonyl (C=O) groups excluding carboxylic acids is 2. The predicted octanol–water partition coefficient (Wildman–Crippen LogP) is 2.37. The van der Waals surface area contributed by atoms with Crippen LogP contribution in [0.2, 0.25) is 0 Å². The van der Waals surface area contributed by atoms with Gasteiger partial charge in [-0.25, -0.2) is 4.39 Å². The highest BCUT2D eigenvalue weighted by Crippen LogP contribution is 2.34. The zero-order valence-electron chi connectivity index (χ0n) is 18.0. The highest BCUT2D eigenvalue weighted by Gasteiger charge is 2.44. The number of fused-ring (bicyclic) bond motifs is 3. The third-order valence-electron chi connectivity index (χ3n) is 6.03. The van der Waals surface area contributed by atoms with Gasteiger partial charge in [-0.2, -0.15) is 5.10 Å². The van der Waals surface area contributed by atoms with Crippen LogP contribution in [0.4, 0.5) is 4.39 Å². The Bertz CT molecular complexity index is 1230. The Balaban J connectivity index is 1.25. The Morgan fingerprint density at radius 2 is 2.00 bits per heavy atom. The van der Waals surface area contributed by atoms with E-state index in [-0.39, 0.29) is 53.8 Å². The number of amides is 2. The van der Waals surface area contributed by atoms with Crippen molar-refractivity contribution in [3.63, 3.8) is 0 Å². The molecule has 0 saturated carbocycles. The van der Waals surface area contributed by atoms with Gasteiger partial charge in [-0.05, 0) is 30.7 Å². The molecule has 1 aromatic heterocycles. The second kappa shape index (κ2) is 8.36. The molecule has 2 unspecified atom stereocenters. The fourth-order valence-corrected chi connectivity index (χ4v) is 4.40. The average Bonchev–Trinajstić information content (AvgIpc) is 3.17. The molecule has 9 nitrogen and oxygen atoms in total. The van der Waals surface area contributed by atoms with Gasteiger partial charge in [0.05, 0.1) is 44.5 Å². The van der Waals surface area contributed by atoms with Gasteiger partial charge in [0, 0.05) is 24.1 Å². The SMILES string of the molecule is Cn1ncc2cc(C(N)=O)cc(Oc3ccc(OCCC(=O)N4C5COCC4C5)cc3F)c21.